The van der Waals surface area contributed by atoms with Crippen LogP contribution >= 0.6 is 0 Å². The zero-order valence-corrected chi connectivity index (χ0v) is 15.3. The standard InChI is InChI=1S/C17H30O2Si/c1-13-14(10-9-11-15(13)18)17(5,12-16(2,3)4)19-20(6,7)8/h9-11,18H,12H2,1-8H3. The molecule has 1 unspecified atom stereocenters. The van der Waals surface area contributed by atoms with Crippen LogP contribution in [0.4, 0.5) is 0 Å². The summed E-state index contributed by atoms with van der Waals surface area (Å²) in [6.07, 6.45) is 0.925. The first-order valence-electron chi connectivity index (χ1n) is 7.33. The lowest BCUT2D eigenvalue weighted by molar-refractivity contribution is 0.0328. The molecule has 2 nitrogen and oxygen atoms in total. The number of rotatable bonds is 4. The van der Waals surface area contributed by atoms with Crippen molar-refractivity contribution < 1.29 is 9.53 Å². The van der Waals surface area contributed by atoms with Crippen molar-refractivity contribution in [2.75, 3.05) is 0 Å². The number of benzene rings is 1. The Morgan fingerprint density at radius 2 is 1.65 bits per heavy atom. The Balaban J connectivity index is 3.33. The van der Waals surface area contributed by atoms with Crippen LogP contribution in [0, 0.1) is 12.3 Å². The molecule has 0 spiro atoms. The van der Waals surface area contributed by atoms with Crippen molar-refractivity contribution in [1.29, 1.82) is 0 Å². The van der Waals surface area contributed by atoms with Gasteiger partial charge >= 0.3 is 0 Å². The molecular weight excluding hydrogens is 264 g/mol. The second-order valence-electron chi connectivity index (χ2n) is 8.13. The van der Waals surface area contributed by atoms with Crippen LogP contribution in [-0.2, 0) is 10.0 Å². The van der Waals surface area contributed by atoms with E-state index in [2.05, 4.69) is 53.4 Å². The van der Waals surface area contributed by atoms with Gasteiger partial charge in [-0.25, -0.2) is 0 Å². The van der Waals surface area contributed by atoms with E-state index in [1.807, 2.05) is 13.0 Å². The highest BCUT2D eigenvalue weighted by atomic mass is 28.4. The Labute approximate surface area is 125 Å². The fourth-order valence-corrected chi connectivity index (χ4v) is 4.60. The molecule has 1 N–H and O–H groups in total. The molecular formula is C17H30O2Si. The summed E-state index contributed by atoms with van der Waals surface area (Å²) < 4.78 is 6.55. The number of phenols is 1. The molecule has 0 fully saturated rings. The van der Waals surface area contributed by atoms with Crippen molar-refractivity contribution in [2.45, 2.75) is 66.3 Å². The van der Waals surface area contributed by atoms with Crippen LogP contribution in [0.5, 0.6) is 5.75 Å². The van der Waals surface area contributed by atoms with E-state index in [4.69, 9.17) is 4.43 Å². The molecule has 0 aliphatic carbocycles. The lowest BCUT2D eigenvalue weighted by Gasteiger charge is -2.41. The second kappa shape index (κ2) is 5.53. The third-order valence-corrected chi connectivity index (χ3v) is 4.34. The Kier molecular flexibility index (Phi) is 4.77. The first-order valence-corrected chi connectivity index (χ1v) is 10.7. The minimum absolute atomic E-state index is 0.159. The van der Waals surface area contributed by atoms with Gasteiger partial charge < -0.3 is 9.53 Å². The van der Waals surface area contributed by atoms with Crippen LogP contribution in [0.15, 0.2) is 18.2 Å². The maximum Gasteiger partial charge on any atom is 0.184 e. The van der Waals surface area contributed by atoms with E-state index in [9.17, 15) is 5.11 Å². The summed E-state index contributed by atoms with van der Waals surface area (Å²) in [6.45, 7) is 17.5. The van der Waals surface area contributed by atoms with E-state index < -0.39 is 8.32 Å². The summed E-state index contributed by atoms with van der Waals surface area (Å²) in [5.74, 6) is 0.349. The van der Waals surface area contributed by atoms with Gasteiger partial charge in [0.05, 0.1) is 5.60 Å². The van der Waals surface area contributed by atoms with Crippen molar-refractivity contribution in [3.63, 3.8) is 0 Å². The third-order valence-electron chi connectivity index (χ3n) is 3.27. The van der Waals surface area contributed by atoms with Crippen LogP contribution in [0.2, 0.25) is 19.6 Å². The van der Waals surface area contributed by atoms with Crippen LogP contribution in [-0.4, -0.2) is 13.4 Å². The minimum Gasteiger partial charge on any atom is -0.508 e. The topological polar surface area (TPSA) is 29.5 Å². The highest BCUT2D eigenvalue weighted by molar-refractivity contribution is 6.69. The largest absolute Gasteiger partial charge is 0.508 e. The maximum atomic E-state index is 10.0. The molecule has 0 bridgehead atoms. The lowest BCUT2D eigenvalue weighted by atomic mass is 9.78. The van der Waals surface area contributed by atoms with Gasteiger partial charge in [-0.15, -0.1) is 0 Å². The van der Waals surface area contributed by atoms with Crippen LogP contribution in [0.25, 0.3) is 0 Å². The lowest BCUT2D eigenvalue weighted by Crippen LogP contribution is -2.41. The quantitative estimate of drug-likeness (QED) is 0.773. The smallest absolute Gasteiger partial charge is 0.184 e. The molecule has 1 atom stereocenters. The maximum absolute atomic E-state index is 10.0. The molecule has 3 heteroatoms. The molecule has 0 aliphatic heterocycles. The summed E-state index contributed by atoms with van der Waals surface area (Å²) in [7, 11) is -1.70. The highest BCUT2D eigenvalue weighted by Crippen LogP contribution is 2.42. The van der Waals surface area contributed by atoms with Crippen molar-refractivity contribution in [1.82, 2.24) is 0 Å². The number of aromatic hydroxyl groups is 1. The van der Waals surface area contributed by atoms with Crippen molar-refractivity contribution in [3.8, 4) is 5.75 Å². The van der Waals surface area contributed by atoms with Gasteiger partial charge in [-0.2, -0.15) is 0 Å². The molecule has 0 aliphatic rings. The zero-order chi connectivity index (χ0) is 15.8. The minimum atomic E-state index is -1.70. The number of phenolic OH excluding ortho intramolecular Hbond substituents is 1. The third kappa shape index (κ3) is 4.64. The Bertz CT molecular complexity index is 451. The first-order chi connectivity index (χ1) is 8.84. The molecule has 0 amide bonds. The summed E-state index contributed by atoms with van der Waals surface area (Å²) >= 11 is 0. The molecule has 0 aromatic heterocycles. The molecule has 1 rings (SSSR count). The van der Waals surface area contributed by atoms with Gasteiger partial charge in [-0.3, -0.25) is 0 Å². The normalized spacial score (nSPS) is 16.0. The average Bonchev–Trinajstić information content (AvgIpc) is 2.15. The highest BCUT2D eigenvalue weighted by Gasteiger charge is 2.38. The molecule has 0 saturated heterocycles. The summed E-state index contributed by atoms with van der Waals surface area (Å²) in [4.78, 5) is 0. The molecule has 20 heavy (non-hydrogen) atoms. The van der Waals surface area contributed by atoms with E-state index in [0.717, 1.165) is 17.5 Å². The Hall–Kier alpha value is -0.803. The van der Waals surface area contributed by atoms with Crippen LogP contribution in [0.1, 0.15) is 45.2 Å². The molecule has 0 heterocycles. The molecule has 0 saturated carbocycles. The van der Waals surface area contributed by atoms with Gasteiger partial charge in [0, 0.05) is 0 Å². The Morgan fingerprint density at radius 1 is 1.10 bits per heavy atom. The molecule has 1 aromatic carbocycles. The van der Waals surface area contributed by atoms with Gasteiger partial charge in [0.2, 0.25) is 0 Å². The van der Waals surface area contributed by atoms with Gasteiger partial charge in [-0.05, 0) is 62.5 Å². The summed E-state index contributed by atoms with van der Waals surface area (Å²) in [6, 6.07) is 5.73. The van der Waals surface area contributed by atoms with Crippen LogP contribution in [0.3, 0.4) is 0 Å². The predicted molar refractivity (Wildman–Crippen MR) is 88.7 cm³/mol. The van der Waals surface area contributed by atoms with E-state index in [-0.39, 0.29) is 11.0 Å². The van der Waals surface area contributed by atoms with E-state index in [0.29, 0.717) is 5.75 Å². The van der Waals surface area contributed by atoms with Gasteiger partial charge in [0.1, 0.15) is 5.75 Å². The van der Waals surface area contributed by atoms with Gasteiger partial charge in [0.15, 0.2) is 8.32 Å². The van der Waals surface area contributed by atoms with Gasteiger partial charge in [-0.1, -0.05) is 32.9 Å². The monoisotopic (exact) mass is 294 g/mol. The zero-order valence-electron chi connectivity index (χ0n) is 14.3. The summed E-state index contributed by atoms with van der Waals surface area (Å²) in [5.41, 5.74) is 1.84. The first kappa shape index (κ1) is 17.2. The van der Waals surface area contributed by atoms with Crippen molar-refractivity contribution in [2.24, 2.45) is 5.41 Å². The number of hydrogen-bond acceptors (Lipinski definition) is 2. The predicted octanol–water partition coefficient (Wildman–Crippen LogP) is 5.20. The van der Waals surface area contributed by atoms with Crippen molar-refractivity contribution >= 4 is 8.32 Å². The Morgan fingerprint density at radius 3 is 2.10 bits per heavy atom. The van der Waals surface area contributed by atoms with Crippen LogP contribution < -0.4 is 0 Å². The molecule has 1 aromatic rings. The fourth-order valence-electron chi connectivity index (χ4n) is 3.07. The average molecular weight is 295 g/mol. The second-order valence-corrected chi connectivity index (χ2v) is 12.6. The van der Waals surface area contributed by atoms with E-state index in [1.54, 1.807) is 6.07 Å². The summed E-state index contributed by atoms with van der Waals surface area (Å²) in [5, 5.41) is 10.0. The van der Waals surface area contributed by atoms with Gasteiger partial charge in [0.25, 0.3) is 0 Å². The molecule has 0 radical (unpaired) electrons. The number of hydrogen-bond donors (Lipinski definition) is 1. The molecule has 114 valence electrons. The van der Waals surface area contributed by atoms with E-state index in [1.165, 1.54) is 0 Å². The SMILES string of the molecule is Cc1c(O)cccc1C(C)(CC(C)(C)C)O[Si](C)(C)C. The fraction of sp³-hybridized carbons (Fsp3) is 0.647. The van der Waals surface area contributed by atoms with E-state index >= 15 is 0 Å². The van der Waals surface area contributed by atoms with Crippen molar-refractivity contribution in [3.05, 3.63) is 29.3 Å².